The lowest BCUT2D eigenvalue weighted by atomic mass is 10.1. The van der Waals surface area contributed by atoms with Crippen molar-refractivity contribution in [3.05, 3.63) is 0 Å². The third-order valence-corrected chi connectivity index (χ3v) is 6.99. The van der Waals surface area contributed by atoms with Gasteiger partial charge in [-0.15, -0.1) is 4.37 Å². The lowest BCUT2D eigenvalue weighted by Gasteiger charge is -2.28. The summed E-state index contributed by atoms with van der Waals surface area (Å²) in [4.78, 5) is 64.0. The summed E-state index contributed by atoms with van der Waals surface area (Å²) in [5.74, 6) is -3.89. The molecule has 266 valence electrons. The number of nitrogens with one attached hydrogen (secondary N) is 1. The lowest BCUT2D eigenvalue weighted by molar-refractivity contribution is -0.186. The highest BCUT2D eigenvalue weighted by molar-refractivity contribution is 6.99. The Hall–Kier alpha value is -3.61. The monoisotopic (exact) mass is 690 g/mol. The summed E-state index contributed by atoms with van der Waals surface area (Å²) < 4.78 is 50.4. The second-order valence-electron chi connectivity index (χ2n) is 11.7. The molecule has 0 aromatic carbocycles. The zero-order valence-corrected chi connectivity index (χ0v) is 29.1. The van der Waals surface area contributed by atoms with E-state index in [2.05, 4.69) is 14.1 Å². The van der Waals surface area contributed by atoms with Crippen LogP contribution in [0, 0.1) is 0 Å². The van der Waals surface area contributed by atoms with Crippen LogP contribution in [0.5, 0.6) is 5.88 Å². The van der Waals surface area contributed by atoms with Gasteiger partial charge in [0.1, 0.15) is 12.7 Å². The van der Waals surface area contributed by atoms with Crippen molar-refractivity contribution in [3.8, 4) is 5.88 Å². The second kappa shape index (κ2) is 18.7. The predicted molar refractivity (Wildman–Crippen MR) is 165 cm³/mol. The van der Waals surface area contributed by atoms with Crippen molar-refractivity contribution in [1.29, 1.82) is 0 Å². The van der Waals surface area contributed by atoms with Crippen LogP contribution < -0.4 is 15.0 Å². The van der Waals surface area contributed by atoms with Gasteiger partial charge in [-0.1, -0.05) is 0 Å². The van der Waals surface area contributed by atoms with Gasteiger partial charge in [0.15, 0.2) is 30.5 Å². The number of morpholine rings is 1. The van der Waals surface area contributed by atoms with Gasteiger partial charge in [-0.05, 0) is 55.4 Å². The van der Waals surface area contributed by atoms with Crippen molar-refractivity contribution in [1.82, 2.24) is 14.1 Å². The molecule has 1 saturated heterocycles. The number of anilines is 1. The number of hydrogen-bond donors (Lipinski definition) is 1. The van der Waals surface area contributed by atoms with E-state index in [-0.39, 0.29) is 18.7 Å². The molecule has 1 aromatic heterocycles. The third kappa shape index (κ3) is 13.6. The second-order valence-corrected chi connectivity index (χ2v) is 12.2. The number of methoxy groups -OCH3 is 1. The fourth-order valence-electron chi connectivity index (χ4n) is 3.59. The Balaban J connectivity index is 1.90. The molecule has 17 nitrogen and oxygen atoms in total. The molecule has 1 aromatic rings. The number of rotatable bonds is 17. The van der Waals surface area contributed by atoms with Gasteiger partial charge in [0.2, 0.25) is 5.82 Å². The Morgan fingerprint density at radius 3 is 1.66 bits per heavy atom. The first-order valence-electron chi connectivity index (χ1n) is 15.1. The maximum Gasteiger partial charge on any atom is 0.347 e. The number of hydrogen-bond acceptors (Lipinski definition) is 18. The smallest absolute Gasteiger partial charge is 0.347 e. The minimum atomic E-state index is -1.46. The van der Waals surface area contributed by atoms with Crippen LogP contribution in [0.3, 0.4) is 0 Å². The van der Waals surface area contributed by atoms with Gasteiger partial charge in [-0.25, -0.2) is 24.0 Å². The molecule has 1 aliphatic rings. The van der Waals surface area contributed by atoms with Crippen molar-refractivity contribution < 1.29 is 61.9 Å². The van der Waals surface area contributed by atoms with Gasteiger partial charge in [0, 0.05) is 32.3 Å². The van der Waals surface area contributed by atoms with Gasteiger partial charge in [0.25, 0.3) is 5.88 Å². The van der Waals surface area contributed by atoms with E-state index in [9.17, 15) is 24.0 Å². The van der Waals surface area contributed by atoms with Gasteiger partial charge < -0.3 is 48.1 Å². The van der Waals surface area contributed by atoms with Gasteiger partial charge >= 0.3 is 29.8 Å². The summed E-state index contributed by atoms with van der Waals surface area (Å²) in [7, 11) is 1.30. The standard InChI is InChI=1S/C29H46N4O13S/c1-16(39-9)24(34)42-17(2)25(35)43-18(3)26(36)44-19(4)27(37)45-20(5)28(38)46-21(14-30-29(6,7)8)15-41-23-22(31-47-32-23)33-10-12-40-13-11-33/h16-21,30H,10-15H2,1-9H3. The summed E-state index contributed by atoms with van der Waals surface area (Å²) in [6.07, 6.45) is -7.32. The average molecular weight is 691 g/mol. The molecule has 0 saturated carbocycles. The highest BCUT2D eigenvalue weighted by Gasteiger charge is 2.32. The molecule has 6 unspecified atom stereocenters. The minimum absolute atomic E-state index is 0.0634. The summed E-state index contributed by atoms with van der Waals surface area (Å²) in [6.45, 7) is 14.8. The maximum absolute atomic E-state index is 12.9. The van der Waals surface area contributed by atoms with E-state index in [0.717, 1.165) is 11.7 Å². The van der Waals surface area contributed by atoms with E-state index < -0.39 is 66.5 Å². The number of esters is 5. The van der Waals surface area contributed by atoms with E-state index in [4.69, 9.17) is 37.9 Å². The molecular formula is C29H46N4O13S. The van der Waals surface area contributed by atoms with Crippen LogP contribution in [-0.2, 0) is 57.1 Å². The van der Waals surface area contributed by atoms with Crippen LogP contribution in [0.2, 0.25) is 0 Å². The summed E-state index contributed by atoms with van der Waals surface area (Å²) in [5, 5.41) is 3.25. The average Bonchev–Trinajstić information content (AvgIpc) is 3.50. The molecule has 0 spiro atoms. The maximum atomic E-state index is 12.9. The van der Waals surface area contributed by atoms with E-state index in [1.165, 1.54) is 41.7 Å². The Bertz CT molecular complexity index is 1200. The van der Waals surface area contributed by atoms with Crippen LogP contribution in [0.25, 0.3) is 0 Å². The highest BCUT2D eigenvalue weighted by Crippen LogP contribution is 2.26. The van der Waals surface area contributed by atoms with Crippen molar-refractivity contribution in [3.63, 3.8) is 0 Å². The SMILES string of the molecule is COC(C)C(=O)OC(C)C(=O)OC(C)C(=O)OC(C)C(=O)OC(C)C(=O)OC(CNC(C)(C)C)COc1nsnc1N1CCOCC1. The third-order valence-electron chi connectivity index (χ3n) is 6.49. The first kappa shape index (κ1) is 39.6. The molecule has 0 bridgehead atoms. The molecule has 1 aliphatic heterocycles. The van der Waals surface area contributed by atoms with Crippen LogP contribution in [0.15, 0.2) is 0 Å². The van der Waals surface area contributed by atoms with Crippen LogP contribution >= 0.6 is 11.7 Å². The van der Waals surface area contributed by atoms with Crippen LogP contribution in [0.1, 0.15) is 55.4 Å². The number of nitrogens with zero attached hydrogens (tertiary/aromatic N) is 3. The van der Waals surface area contributed by atoms with Crippen molar-refractivity contribution in [2.45, 2.75) is 97.6 Å². The van der Waals surface area contributed by atoms with E-state index in [1.807, 2.05) is 25.7 Å². The van der Waals surface area contributed by atoms with E-state index >= 15 is 0 Å². The van der Waals surface area contributed by atoms with Crippen molar-refractivity contribution >= 4 is 47.4 Å². The minimum Gasteiger partial charge on any atom is -0.470 e. The van der Waals surface area contributed by atoms with Gasteiger partial charge in [-0.2, -0.15) is 4.37 Å². The Morgan fingerprint density at radius 1 is 0.766 bits per heavy atom. The van der Waals surface area contributed by atoms with Crippen molar-refractivity contribution in [2.75, 3.05) is 51.5 Å². The molecular weight excluding hydrogens is 644 g/mol. The zero-order valence-electron chi connectivity index (χ0n) is 28.3. The first-order valence-corrected chi connectivity index (χ1v) is 15.8. The molecule has 47 heavy (non-hydrogen) atoms. The lowest BCUT2D eigenvalue weighted by Crippen LogP contribution is -2.45. The number of aromatic nitrogens is 2. The molecule has 18 heteroatoms. The van der Waals surface area contributed by atoms with Crippen molar-refractivity contribution in [2.24, 2.45) is 0 Å². The summed E-state index contributed by atoms with van der Waals surface area (Å²) in [5.41, 5.74) is -0.306. The largest absolute Gasteiger partial charge is 0.470 e. The molecule has 1 fully saturated rings. The highest BCUT2D eigenvalue weighted by atomic mass is 32.1. The molecule has 0 aliphatic carbocycles. The molecule has 1 N–H and O–H groups in total. The molecule has 0 radical (unpaired) electrons. The fourth-order valence-corrected chi connectivity index (χ4v) is 4.11. The topological polar surface area (TPSA) is 200 Å². The molecule has 2 heterocycles. The molecule has 6 atom stereocenters. The number of ether oxygens (including phenoxy) is 8. The Labute approximate surface area is 278 Å². The van der Waals surface area contributed by atoms with Gasteiger partial charge in [0.05, 0.1) is 24.9 Å². The van der Waals surface area contributed by atoms with Crippen LogP contribution in [-0.4, -0.2) is 127 Å². The predicted octanol–water partition coefficient (Wildman–Crippen LogP) is 0.815. The van der Waals surface area contributed by atoms with E-state index in [0.29, 0.717) is 38.0 Å². The summed E-state index contributed by atoms with van der Waals surface area (Å²) in [6, 6.07) is 0. The molecule has 2 rings (SSSR count). The zero-order chi connectivity index (χ0) is 35.3. The molecule has 0 amide bonds. The Morgan fingerprint density at radius 2 is 1.21 bits per heavy atom. The van der Waals surface area contributed by atoms with E-state index in [1.54, 1.807) is 0 Å². The fraction of sp³-hybridized carbons (Fsp3) is 0.759. The number of carbonyl (C=O) groups excluding carboxylic acids is 5. The van der Waals surface area contributed by atoms with Crippen LogP contribution in [0.4, 0.5) is 5.82 Å². The Kier molecular flexibility index (Phi) is 15.7. The normalized spacial score (nSPS) is 17.3. The first-order chi connectivity index (χ1) is 22.0. The summed E-state index contributed by atoms with van der Waals surface area (Å²) >= 11 is 1.000. The number of carbonyl (C=O) groups is 5. The quantitative estimate of drug-likeness (QED) is 0.178. The van der Waals surface area contributed by atoms with Gasteiger partial charge in [-0.3, -0.25) is 0 Å².